The molecule has 3 unspecified atom stereocenters. The number of hydroxylamine groups is 1. The molecular formula is C28H33AsFN3O2S. The van der Waals surface area contributed by atoms with Crippen LogP contribution in [0.2, 0.25) is 9.91 Å². The molecule has 0 spiro atoms. The van der Waals surface area contributed by atoms with Crippen LogP contribution >= 0.6 is 11.3 Å². The van der Waals surface area contributed by atoms with Gasteiger partial charge in [0.2, 0.25) is 0 Å². The number of carbonyl (C=O) groups is 1. The molecule has 1 aliphatic carbocycles. The van der Waals surface area contributed by atoms with E-state index in [1.54, 1.807) is 10.9 Å². The molecule has 2 N–H and O–H groups in total. The van der Waals surface area contributed by atoms with E-state index in [0.717, 1.165) is 52.1 Å². The third-order valence-electron chi connectivity index (χ3n) is 7.43. The zero-order chi connectivity index (χ0) is 24.9. The van der Waals surface area contributed by atoms with Crippen molar-refractivity contribution in [1.82, 2.24) is 15.4 Å². The molecule has 1 saturated heterocycles. The maximum atomic E-state index is 13.2. The second kappa shape index (κ2) is 12.0. The number of likely N-dealkylation sites (tertiary alicyclic amines) is 1. The quantitative estimate of drug-likeness (QED) is 0.191. The van der Waals surface area contributed by atoms with Gasteiger partial charge in [0.25, 0.3) is 0 Å². The van der Waals surface area contributed by atoms with E-state index in [1.807, 2.05) is 12.1 Å². The summed E-state index contributed by atoms with van der Waals surface area (Å²) in [4.78, 5) is 18.3. The molecule has 8 heteroatoms. The van der Waals surface area contributed by atoms with E-state index in [4.69, 9.17) is 5.21 Å². The summed E-state index contributed by atoms with van der Waals surface area (Å²) in [6.45, 7) is 3.49. The van der Waals surface area contributed by atoms with E-state index in [-0.39, 0.29) is 21.6 Å². The van der Waals surface area contributed by atoms with Crippen LogP contribution in [0.4, 0.5) is 4.39 Å². The normalized spacial score (nSPS) is 20.7. The minimum absolute atomic E-state index is 0.101. The summed E-state index contributed by atoms with van der Waals surface area (Å²) >= 11 is 1.59. The minimum atomic E-state index is -0.542. The van der Waals surface area contributed by atoms with Gasteiger partial charge in [-0.2, -0.15) is 0 Å². The van der Waals surface area contributed by atoms with Crippen molar-refractivity contribution in [1.29, 1.82) is 0 Å². The number of thiazole rings is 1. The number of aryl methyl sites for hydroxylation is 1. The summed E-state index contributed by atoms with van der Waals surface area (Å²) in [5.41, 5.74) is 5.64. The van der Waals surface area contributed by atoms with Gasteiger partial charge in [0.1, 0.15) is 0 Å². The molecule has 0 bridgehead atoms. The summed E-state index contributed by atoms with van der Waals surface area (Å²) in [5, 5.41) is 12.8. The second-order valence-corrected chi connectivity index (χ2v) is 14.2. The summed E-state index contributed by atoms with van der Waals surface area (Å²) in [5.74, 6) is 0.939. The van der Waals surface area contributed by atoms with Crippen molar-refractivity contribution in [2.45, 2.75) is 47.9 Å². The van der Waals surface area contributed by atoms with Crippen LogP contribution in [-0.4, -0.2) is 56.4 Å². The average molecular weight is 570 g/mol. The fraction of sp³-hybridized carbons (Fsp3) is 0.429. The number of aromatic nitrogens is 1. The van der Waals surface area contributed by atoms with Gasteiger partial charge in [-0.1, -0.05) is 0 Å². The molecule has 1 aliphatic heterocycles. The monoisotopic (exact) mass is 569 g/mol. The Bertz CT molecular complexity index is 1150. The number of nitrogens with zero attached hydrogens (tertiary/aromatic N) is 2. The first-order chi connectivity index (χ1) is 17.6. The molecule has 2 aliphatic rings. The van der Waals surface area contributed by atoms with Crippen LogP contribution in [0.3, 0.4) is 0 Å². The Morgan fingerprint density at radius 1 is 1.11 bits per heavy atom. The summed E-state index contributed by atoms with van der Waals surface area (Å²) in [6, 6.07) is 15.7. The molecule has 0 radical (unpaired) electrons. The number of piperidine rings is 1. The second-order valence-electron chi connectivity index (χ2n) is 9.94. The zero-order valence-electron chi connectivity index (χ0n) is 20.3. The van der Waals surface area contributed by atoms with Crippen LogP contribution in [0, 0.1) is 11.7 Å². The van der Waals surface area contributed by atoms with E-state index in [1.165, 1.54) is 66.6 Å². The van der Waals surface area contributed by atoms with Gasteiger partial charge in [-0.05, 0) is 0 Å². The first-order valence-electron chi connectivity index (χ1n) is 12.8. The van der Waals surface area contributed by atoms with Crippen molar-refractivity contribution < 1.29 is 14.4 Å². The van der Waals surface area contributed by atoms with E-state index >= 15 is 0 Å². The Kier molecular flexibility index (Phi) is 8.53. The Labute approximate surface area is 222 Å². The fourth-order valence-corrected chi connectivity index (χ4v) is 10.0. The predicted octanol–water partition coefficient (Wildman–Crippen LogP) is 5.54. The molecule has 1 saturated carbocycles. The first-order valence-corrected chi connectivity index (χ1v) is 16.4. The molecule has 3 atom stereocenters. The number of nitrogens with one attached hydrogen (secondary N) is 1. The van der Waals surface area contributed by atoms with Crippen molar-refractivity contribution in [2.24, 2.45) is 5.92 Å². The molecule has 2 fully saturated rings. The van der Waals surface area contributed by atoms with E-state index < -0.39 is 5.91 Å². The SMILES string of the molecule is O=C(NO)c1csc(CCCN2CCC(C[AsH]C3CC3c3ccc(-c4ccc(F)cc4)cc3)CC2)n1. The molecule has 2 aromatic carbocycles. The van der Waals surface area contributed by atoms with Crippen LogP contribution in [0.1, 0.15) is 52.7 Å². The van der Waals surface area contributed by atoms with Crippen LogP contribution in [0.15, 0.2) is 53.9 Å². The first kappa shape index (κ1) is 25.6. The topological polar surface area (TPSA) is 65.5 Å². The van der Waals surface area contributed by atoms with Gasteiger partial charge < -0.3 is 0 Å². The van der Waals surface area contributed by atoms with E-state index in [2.05, 4.69) is 34.1 Å². The molecule has 190 valence electrons. The maximum absolute atomic E-state index is 13.2. The number of rotatable bonds is 10. The number of benzene rings is 2. The Morgan fingerprint density at radius 3 is 2.50 bits per heavy atom. The van der Waals surface area contributed by atoms with Gasteiger partial charge in [0, 0.05) is 0 Å². The van der Waals surface area contributed by atoms with Gasteiger partial charge in [0.05, 0.1) is 0 Å². The Balaban J connectivity index is 0.980. The third kappa shape index (κ3) is 6.63. The van der Waals surface area contributed by atoms with Crippen LogP contribution in [0.25, 0.3) is 11.1 Å². The van der Waals surface area contributed by atoms with Gasteiger partial charge in [0.15, 0.2) is 0 Å². The predicted molar refractivity (Wildman–Crippen MR) is 144 cm³/mol. The summed E-state index contributed by atoms with van der Waals surface area (Å²) in [7, 11) is 0. The van der Waals surface area contributed by atoms with Crippen LogP contribution < -0.4 is 5.48 Å². The van der Waals surface area contributed by atoms with E-state index in [0.29, 0.717) is 5.69 Å². The molecule has 1 aromatic heterocycles. The number of hydrogen-bond donors (Lipinski definition) is 2. The Hall–Kier alpha value is -2.05. The van der Waals surface area contributed by atoms with Crippen LogP contribution in [0.5, 0.6) is 0 Å². The molecule has 36 heavy (non-hydrogen) atoms. The molecule has 3 aromatic rings. The number of hydrogen-bond acceptors (Lipinski definition) is 5. The number of amides is 1. The molecular weight excluding hydrogens is 536 g/mol. The average Bonchev–Trinajstić information content (AvgIpc) is 3.54. The van der Waals surface area contributed by atoms with Crippen molar-refractivity contribution in [3.63, 3.8) is 0 Å². The van der Waals surface area contributed by atoms with Crippen LogP contribution in [-0.2, 0) is 6.42 Å². The van der Waals surface area contributed by atoms with Crippen molar-refractivity contribution in [3.05, 3.63) is 76.0 Å². The van der Waals surface area contributed by atoms with Crippen molar-refractivity contribution in [3.8, 4) is 11.1 Å². The molecule has 2 heterocycles. The number of carbonyl (C=O) groups excluding carboxylic acids is 1. The van der Waals surface area contributed by atoms with Crippen molar-refractivity contribution >= 4 is 33.0 Å². The molecule has 5 rings (SSSR count). The van der Waals surface area contributed by atoms with Crippen molar-refractivity contribution in [2.75, 3.05) is 19.6 Å². The molecule has 1 amide bonds. The summed E-state index contributed by atoms with van der Waals surface area (Å²) in [6.07, 6.45) is 5.95. The van der Waals surface area contributed by atoms with Gasteiger partial charge in [-0.25, -0.2) is 5.48 Å². The van der Waals surface area contributed by atoms with E-state index in [9.17, 15) is 9.18 Å². The van der Waals surface area contributed by atoms with Gasteiger partial charge in [-0.15, -0.1) is 0 Å². The van der Waals surface area contributed by atoms with Gasteiger partial charge in [-0.3, -0.25) is 10.0 Å². The summed E-state index contributed by atoms with van der Waals surface area (Å²) < 4.78 is 14.1. The zero-order valence-corrected chi connectivity index (χ0v) is 23.2. The third-order valence-corrected chi connectivity index (χ3v) is 12.5. The molecule has 5 nitrogen and oxygen atoms in total. The number of halogens is 1. The van der Waals surface area contributed by atoms with Gasteiger partial charge >= 0.3 is 208 Å². The Morgan fingerprint density at radius 2 is 1.81 bits per heavy atom. The standard InChI is InChI=1S/C28H33AsFN3O2S/c30-23-9-7-21(8-10-23)20-3-5-22(6-4-20)24-16-25(24)29-17-19-11-14-33(15-12-19)13-1-2-27-31-26(18-36-27)28(34)32-35/h3-10,18-19,24-25,29,35H,1-2,11-17H2,(H,32,34). The fourth-order valence-electron chi connectivity index (χ4n) is 5.13.